The molecule has 2 aliphatic heterocycles. The Labute approximate surface area is 110 Å². The lowest BCUT2D eigenvalue weighted by Crippen LogP contribution is -2.68. The summed E-state index contributed by atoms with van der Waals surface area (Å²) < 4.78 is 0. The molecule has 0 saturated carbocycles. The van der Waals surface area contributed by atoms with Crippen LogP contribution in [0.5, 0.6) is 0 Å². The molecule has 104 valence electrons. The predicted octanol–water partition coefficient (Wildman–Crippen LogP) is 1.09. The molecule has 4 nitrogen and oxygen atoms in total. The van der Waals surface area contributed by atoms with E-state index in [0.29, 0.717) is 13.1 Å². The second kappa shape index (κ2) is 5.17. The molecule has 0 aliphatic carbocycles. The molecule has 2 saturated heterocycles. The Morgan fingerprint density at radius 1 is 1.11 bits per heavy atom. The summed E-state index contributed by atoms with van der Waals surface area (Å²) in [5.74, 6) is 0.492. The zero-order valence-electron chi connectivity index (χ0n) is 11.9. The van der Waals surface area contributed by atoms with Crippen LogP contribution in [0.3, 0.4) is 0 Å². The average molecular weight is 254 g/mol. The highest BCUT2D eigenvalue weighted by molar-refractivity contribution is 5.81. The molecule has 1 atom stereocenters. The summed E-state index contributed by atoms with van der Waals surface area (Å²) in [7, 11) is 0. The van der Waals surface area contributed by atoms with Crippen LogP contribution in [0.15, 0.2) is 0 Å². The molecule has 1 amide bonds. The van der Waals surface area contributed by atoms with Gasteiger partial charge in [0, 0.05) is 26.2 Å². The molecule has 0 bridgehead atoms. The molecule has 2 rings (SSSR count). The van der Waals surface area contributed by atoms with Crippen molar-refractivity contribution in [2.45, 2.75) is 51.7 Å². The minimum absolute atomic E-state index is 0.0814. The van der Waals surface area contributed by atoms with E-state index in [4.69, 9.17) is 0 Å². The summed E-state index contributed by atoms with van der Waals surface area (Å²) in [5.41, 5.74) is -0.587. The predicted molar refractivity (Wildman–Crippen MR) is 71.3 cm³/mol. The van der Waals surface area contributed by atoms with Crippen LogP contribution in [0.1, 0.15) is 40.0 Å². The molecule has 1 N–H and O–H groups in total. The van der Waals surface area contributed by atoms with E-state index < -0.39 is 5.60 Å². The van der Waals surface area contributed by atoms with Gasteiger partial charge in [0.2, 0.25) is 5.91 Å². The van der Waals surface area contributed by atoms with Crippen molar-refractivity contribution in [3.8, 4) is 0 Å². The number of aliphatic hydroxyl groups is 1. The van der Waals surface area contributed by atoms with Crippen LogP contribution in [0.4, 0.5) is 0 Å². The SMILES string of the molecule is CC(C(=O)N1CCCCC1)N1CC(O)(C(C)C)C1. The molecular formula is C14H26N2O2. The second-order valence-electron chi connectivity index (χ2n) is 6.23. The van der Waals surface area contributed by atoms with E-state index in [9.17, 15) is 9.90 Å². The number of hydrogen-bond acceptors (Lipinski definition) is 3. The fourth-order valence-electron chi connectivity index (χ4n) is 2.83. The number of piperidine rings is 1. The highest BCUT2D eigenvalue weighted by Crippen LogP contribution is 2.30. The number of hydrogen-bond donors (Lipinski definition) is 1. The number of carbonyl (C=O) groups excluding carboxylic acids is 1. The molecule has 0 radical (unpaired) electrons. The molecule has 2 aliphatic rings. The maximum absolute atomic E-state index is 12.3. The molecule has 4 heteroatoms. The molecule has 0 aromatic carbocycles. The molecule has 2 fully saturated rings. The van der Waals surface area contributed by atoms with Crippen molar-refractivity contribution >= 4 is 5.91 Å². The number of nitrogens with zero attached hydrogens (tertiary/aromatic N) is 2. The minimum Gasteiger partial charge on any atom is -0.387 e. The van der Waals surface area contributed by atoms with Crippen molar-refractivity contribution < 1.29 is 9.90 Å². The van der Waals surface area contributed by atoms with Gasteiger partial charge < -0.3 is 10.0 Å². The molecule has 0 aromatic heterocycles. The van der Waals surface area contributed by atoms with Crippen molar-refractivity contribution in [3.05, 3.63) is 0 Å². The highest BCUT2D eigenvalue weighted by Gasteiger charge is 2.47. The molecule has 2 heterocycles. The summed E-state index contributed by atoms with van der Waals surface area (Å²) in [6.07, 6.45) is 3.51. The number of likely N-dealkylation sites (tertiary alicyclic amines) is 2. The van der Waals surface area contributed by atoms with Gasteiger partial charge in [0.05, 0.1) is 11.6 Å². The first kappa shape index (κ1) is 13.8. The minimum atomic E-state index is -0.587. The zero-order valence-corrected chi connectivity index (χ0v) is 11.9. The average Bonchev–Trinajstić information content (AvgIpc) is 2.34. The zero-order chi connectivity index (χ0) is 13.3. The van der Waals surface area contributed by atoms with Crippen LogP contribution in [0, 0.1) is 5.92 Å². The van der Waals surface area contributed by atoms with E-state index in [1.165, 1.54) is 6.42 Å². The van der Waals surface area contributed by atoms with Gasteiger partial charge in [0.15, 0.2) is 0 Å². The third kappa shape index (κ3) is 2.54. The molecule has 1 unspecified atom stereocenters. The summed E-state index contributed by atoms with van der Waals surface area (Å²) in [4.78, 5) is 16.4. The van der Waals surface area contributed by atoms with Gasteiger partial charge in [-0.05, 0) is 32.1 Å². The third-order valence-electron chi connectivity index (χ3n) is 4.60. The van der Waals surface area contributed by atoms with Crippen LogP contribution in [0.2, 0.25) is 0 Å². The van der Waals surface area contributed by atoms with Crippen LogP contribution < -0.4 is 0 Å². The van der Waals surface area contributed by atoms with Crippen LogP contribution in [0.25, 0.3) is 0 Å². The second-order valence-corrected chi connectivity index (χ2v) is 6.23. The first-order valence-corrected chi connectivity index (χ1v) is 7.19. The Morgan fingerprint density at radius 2 is 1.67 bits per heavy atom. The lowest BCUT2D eigenvalue weighted by molar-refractivity contribution is -0.160. The molecule has 0 aromatic rings. The fraction of sp³-hybridized carbons (Fsp3) is 0.929. The first-order valence-electron chi connectivity index (χ1n) is 7.19. The van der Waals surface area contributed by atoms with E-state index in [1.54, 1.807) is 0 Å². The van der Waals surface area contributed by atoms with Crippen molar-refractivity contribution in [2.24, 2.45) is 5.92 Å². The summed E-state index contributed by atoms with van der Waals surface area (Å²) in [6.45, 7) is 9.12. The van der Waals surface area contributed by atoms with Gasteiger partial charge in [-0.15, -0.1) is 0 Å². The van der Waals surface area contributed by atoms with Gasteiger partial charge >= 0.3 is 0 Å². The Bertz CT molecular complexity index is 305. The molecule has 18 heavy (non-hydrogen) atoms. The standard InChI is InChI=1S/C14H26N2O2/c1-11(2)14(18)9-16(10-14)12(3)13(17)15-7-5-4-6-8-15/h11-12,18H,4-10H2,1-3H3. The highest BCUT2D eigenvalue weighted by atomic mass is 16.3. The summed E-state index contributed by atoms with van der Waals surface area (Å²) >= 11 is 0. The van der Waals surface area contributed by atoms with Crippen molar-refractivity contribution in [3.63, 3.8) is 0 Å². The van der Waals surface area contributed by atoms with Crippen molar-refractivity contribution in [1.82, 2.24) is 9.80 Å². The maximum atomic E-state index is 12.3. The number of carbonyl (C=O) groups is 1. The van der Waals surface area contributed by atoms with Gasteiger partial charge in [-0.1, -0.05) is 13.8 Å². The summed E-state index contributed by atoms with van der Waals surface area (Å²) in [5, 5.41) is 10.2. The Balaban J connectivity index is 1.85. The molecular weight excluding hydrogens is 228 g/mol. The Morgan fingerprint density at radius 3 is 2.17 bits per heavy atom. The van der Waals surface area contributed by atoms with E-state index >= 15 is 0 Å². The topological polar surface area (TPSA) is 43.8 Å². The van der Waals surface area contributed by atoms with E-state index in [1.807, 2.05) is 25.7 Å². The van der Waals surface area contributed by atoms with Crippen LogP contribution >= 0.6 is 0 Å². The lowest BCUT2D eigenvalue weighted by Gasteiger charge is -2.51. The van der Waals surface area contributed by atoms with Gasteiger partial charge in [-0.3, -0.25) is 9.69 Å². The quantitative estimate of drug-likeness (QED) is 0.820. The van der Waals surface area contributed by atoms with Gasteiger partial charge in [0.1, 0.15) is 0 Å². The van der Waals surface area contributed by atoms with E-state index in [-0.39, 0.29) is 17.9 Å². The van der Waals surface area contributed by atoms with Crippen LogP contribution in [-0.2, 0) is 4.79 Å². The number of β-amino-alcohol motifs (C(OH)–C–C–N with tert-alkyl or cyclic N) is 1. The van der Waals surface area contributed by atoms with Gasteiger partial charge in [-0.25, -0.2) is 0 Å². The van der Waals surface area contributed by atoms with E-state index in [0.717, 1.165) is 25.9 Å². The normalized spacial score (nSPS) is 25.9. The third-order valence-corrected chi connectivity index (χ3v) is 4.60. The fourth-order valence-corrected chi connectivity index (χ4v) is 2.83. The van der Waals surface area contributed by atoms with Crippen LogP contribution in [-0.4, -0.2) is 58.6 Å². The number of rotatable bonds is 3. The maximum Gasteiger partial charge on any atom is 0.239 e. The van der Waals surface area contributed by atoms with E-state index in [2.05, 4.69) is 4.90 Å². The first-order chi connectivity index (χ1) is 8.44. The van der Waals surface area contributed by atoms with Gasteiger partial charge in [0.25, 0.3) is 0 Å². The smallest absolute Gasteiger partial charge is 0.239 e. The summed E-state index contributed by atoms with van der Waals surface area (Å²) in [6, 6.07) is -0.0814. The lowest BCUT2D eigenvalue weighted by atomic mass is 9.82. The molecule has 0 spiro atoms. The Kier molecular flexibility index (Phi) is 3.97. The Hall–Kier alpha value is -0.610. The monoisotopic (exact) mass is 254 g/mol. The largest absolute Gasteiger partial charge is 0.387 e. The number of amides is 1. The van der Waals surface area contributed by atoms with Gasteiger partial charge in [-0.2, -0.15) is 0 Å². The van der Waals surface area contributed by atoms with Crippen molar-refractivity contribution in [2.75, 3.05) is 26.2 Å². The van der Waals surface area contributed by atoms with Crippen molar-refractivity contribution in [1.29, 1.82) is 0 Å².